The fourth-order valence-corrected chi connectivity index (χ4v) is 2.08. The largest absolute Gasteiger partial charge is 0.472 e. The van der Waals surface area contributed by atoms with E-state index in [2.05, 4.69) is 5.32 Å². The molecule has 1 aromatic carbocycles. The molecule has 0 saturated heterocycles. The van der Waals surface area contributed by atoms with Crippen molar-refractivity contribution >= 4 is 23.6 Å². The summed E-state index contributed by atoms with van der Waals surface area (Å²) < 4.78 is 5.00. The number of benzene rings is 1. The van der Waals surface area contributed by atoms with Crippen LogP contribution in [0, 0.1) is 0 Å². The van der Waals surface area contributed by atoms with E-state index < -0.39 is 0 Å². The lowest BCUT2D eigenvalue weighted by Crippen LogP contribution is -2.32. The van der Waals surface area contributed by atoms with E-state index in [0.29, 0.717) is 5.02 Å². The summed E-state index contributed by atoms with van der Waals surface area (Å²) in [4.78, 5) is 11.8. The number of hydrogen-bond acceptors (Lipinski definition) is 2. The molecule has 0 radical (unpaired) electrons. The van der Waals surface area contributed by atoms with Gasteiger partial charge in [0.25, 0.3) is 0 Å². The Balaban J connectivity index is 1.87. The van der Waals surface area contributed by atoms with Gasteiger partial charge in [-0.1, -0.05) is 29.8 Å². The smallest absolute Gasteiger partial charge is 0.244 e. The van der Waals surface area contributed by atoms with Crippen LogP contribution in [0.4, 0.5) is 0 Å². The molecule has 2 aromatic rings. The fraction of sp³-hybridized carbons (Fsp3) is 0.188. The highest BCUT2D eigenvalue weighted by Crippen LogP contribution is 2.16. The first-order valence-electron chi connectivity index (χ1n) is 6.39. The SMILES string of the molecule is CC(Cc1ccoc1)NC(=O)/C=C/c1ccccc1Cl. The molecule has 0 aliphatic rings. The highest BCUT2D eigenvalue weighted by molar-refractivity contribution is 6.32. The molecule has 4 heteroatoms. The number of nitrogens with one attached hydrogen (secondary N) is 1. The number of amides is 1. The lowest BCUT2D eigenvalue weighted by molar-refractivity contribution is -0.117. The Morgan fingerprint density at radius 1 is 1.40 bits per heavy atom. The van der Waals surface area contributed by atoms with Crippen molar-refractivity contribution in [2.24, 2.45) is 0 Å². The highest BCUT2D eigenvalue weighted by atomic mass is 35.5. The van der Waals surface area contributed by atoms with Gasteiger partial charge in [-0.3, -0.25) is 4.79 Å². The Kier molecular flexibility index (Phi) is 5.02. The molecule has 0 bridgehead atoms. The number of furan rings is 1. The number of rotatable bonds is 5. The van der Waals surface area contributed by atoms with Crippen LogP contribution in [0.3, 0.4) is 0 Å². The third-order valence-electron chi connectivity index (χ3n) is 2.83. The summed E-state index contributed by atoms with van der Waals surface area (Å²) in [5.74, 6) is -0.138. The molecule has 1 amide bonds. The summed E-state index contributed by atoms with van der Waals surface area (Å²) >= 11 is 6.01. The lowest BCUT2D eigenvalue weighted by atomic mass is 10.1. The van der Waals surface area contributed by atoms with Crippen molar-refractivity contribution in [2.45, 2.75) is 19.4 Å². The first-order valence-corrected chi connectivity index (χ1v) is 6.77. The van der Waals surface area contributed by atoms with Gasteiger partial charge >= 0.3 is 0 Å². The van der Waals surface area contributed by atoms with Gasteiger partial charge in [-0.15, -0.1) is 0 Å². The zero-order valence-electron chi connectivity index (χ0n) is 11.2. The van der Waals surface area contributed by atoms with Crippen LogP contribution in [0.25, 0.3) is 6.08 Å². The van der Waals surface area contributed by atoms with Crippen molar-refractivity contribution in [1.29, 1.82) is 0 Å². The number of hydrogen-bond donors (Lipinski definition) is 1. The number of carbonyl (C=O) groups is 1. The van der Waals surface area contributed by atoms with Crippen molar-refractivity contribution in [1.82, 2.24) is 5.32 Å². The molecular weight excluding hydrogens is 274 g/mol. The van der Waals surface area contributed by atoms with Crippen molar-refractivity contribution in [3.63, 3.8) is 0 Å². The molecule has 20 heavy (non-hydrogen) atoms. The van der Waals surface area contributed by atoms with Gasteiger partial charge in [-0.2, -0.15) is 0 Å². The van der Waals surface area contributed by atoms with E-state index in [1.165, 1.54) is 6.08 Å². The molecule has 1 aromatic heterocycles. The molecule has 0 spiro atoms. The molecule has 1 heterocycles. The van der Waals surface area contributed by atoms with Crippen LogP contribution < -0.4 is 5.32 Å². The van der Waals surface area contributed by atoms with Crippen molar-refractivity contribution in [3.05, 3.63) is 65.1 Å². The molecule has 1 N–H and O–H groups in total. The molecule has 1 atom stereocenters. The average molecular weight is 290 g/mol. The Bertz CT molecular complexity index is 590. The van der Waals surface area contributed by atoms with Crippen molar-refractivity contribution in [3.8, 4) is 0 Å². The minimum atomic E-state index is -0.138. The minimum absolute atomic E-state index is 0.0380. The topological polar surface area (TPSA) is 42.2 Å². The van der Waals surface area contributed by atoms with Crippen LogP contribution >= 0.6 is 11.6 Å². The summed E-state index contributed by atoms with van der Waals surface area (Å²) in [6.07, 6.45) is 7.25. The predicted octanol–water partition coefficient (Wildman–Crippen LogP) is 3.69. The van der Waals surface area contributed by atoms with Gasteiger partial charge in [0.2, 0.25) is 5.91 Å². The summed E-state index contributed by atoms with van der Waals surface area (Å²) in [5.41, 5.74) is 1.89. The van der Waals surface area contributed by atoms with Crippen LogP contribution in [0.15, 0.2) is 53.4 Å². The van der Waals surface area contributed by atoms with E-state index in [-0.39, 0.29) is 11.9 Å². The monoisotopic (exact) mass is 289 g/mol. The Labute approximate surface area is 123 Å². The van der Waals surface area contributed by atoms with E-state index in [1.54, 1.807) is 24.7 Å². The normalized spacial score (nSPS) is 12.5. The average Bonchev–Trinajstić information content (AvgIpc) is 2.90. The second-order valence-electron chi connectivity index (χ2n) is 4.60. The molecule has 1 unspecified atom stereocenters. The summed E-state index contributed by atoms with van der Waals surface area (Å²) in [7, 11) is 0. The van der Waals surface area contributed by atoms with Crippen molar-refractivity contribution in [2.75, 3.05) is 0 Å². The first-order chi connectivity index (χ1) is 9.65. The van der Waals surface area contributed by atoms with Gasteiger partial charge in [0.1, 0.15) is 0 Å². The number of halogens is 1. The van der Waals surface area contributed by atoms with Crippen LogP contribution in [0.2, 0.25) is 5.02 Å². The molecule has 0 aliphatic heterocycles. The standard InChI is InChI=1S/C16H16ClNO2/c1-12(10-13-8-9-20-11-13)18-16(19)7-6-14-4-2-3-5-15(14)17/h2-9,11-12H,10H2,1H3,(H,18,19)/b7-6+. The maximum Gasteiger partial charge on any atom is 0.244 e. The van der Waals surface area contributed by atoms with Crippen LogP contribution in [0.1, 0.15) is 18.1 Å². The van der Waals surface area contributed by atoms with Crippen LogP contribution in [-0.2, 0) is 11.2 Å². The van der Waals surface area contributed by atoms with Crippen molar-refractivity contribution < 1.29 is 9.21 Å². The Morgan fingerprint density at radius 2 is 2.20 bits per heavy atom. The third-order valence-corrected chi connectivity index (χ3v) is 3.17. The molecule has 0 saturated carbocycles. The van der Waals surface area contributed by atoms with Gasteiger partial charge in [0.05, 0.1) is 12.5 Å². The van der Waals surface area contributed by atoms with Crippen LogP contribution in [-0.4, -0.2) is 11.9 Å². The first kappa shape index (κ1) is 14.4. The van der Waals surface area contributed by atoms with E-state index in [1.807, 2.05) is 31.2 Å². The molecule has 3 nitrogen and oxygen atoms in total. The maximum absolute atomic E-state index is 11.8. The Hall–Kier alpha value is -2.00. The zero-order chi connectivity index (χ0) is 14.4. The second-order valence-corrected chi connectivity index (χ2v) is 5.01. The van der Waals surface area contributed by atoms with Gasteiger partial charge in [0, 0.05) is 17.1 Å². The summed E-state index contributed by atoms with van der Waals surface area (Å²) in [6, 6.07) is 9.32. The summed E-state index contributed by atoms with van der Waals surface area (Å²) in [5, 5.41) is 3.53. The second kappa shape index (κ2) is 6.96. The Morgan fingerprint density at radius 3 is 2.90 bits per heavy atom. The number of carbonyl (C=O) groups excluding carboxylic acids is 1. The van der Waals surface area contributed by atoms with E-state index >= 15 is 0 Å². The molecule has 0 aliphatic carbocycles. The molecule has 2 rings (SSSR count). The van der Waals surface area contributed by atoms with Gasteiger partial charge in [-0.05, 0) is 42.7 Å². The van der Waals surface area contributed by atoms with Gasteiger partial charge in [0.15, 0.2) is 0 Å². The third kappa shape index (κ3) is 4.28. The van der Waals surface area contributed by atoms with E-state index in [4.69, 9.17) is 16.0 Å². The van der Waals surface area contributed by atoms with E-state index in [0.717, 1.165) is 17.5 Å². The maximum atomic E-state index is 11.8. The van der Waals surface area contributed by atoms with Gasteiger partial charge < -0.3 is 9.73 Å². The molecule has 0 fully saturated rings. The summed E-state index contributed by atoms with van der Waals surface area (Å²) in [6.45, 7) is 1.95. The van der Waals surface area contributed by atoms with Gasteiger partial charge in [-0.25, -0.2) is 0 Å². The minimum Gasteiger partial charge on any atom is -0.472 e. The molecule has 104 valence electrons. The fourth-order valence-electron chi connectivity index (χ4n) is 1.88. The lowest BCUT2D eigenvalue weighted by Gasteiger charge is -2.10. The van der Waals surface area contributed by atoms with E-state index in [9.17, 15) is 4.79 Å². The quantitative estimate of drug-likeness (QED) is 0.853. The molecular formula is C16H16ClNO2. The predicted molar refractivity (Wildman–Crippen MR) is 80.5 cm³/mol. The highest BCUT2D eigenvalue weighted by Gasteiger charge is 2.06. The zero-order valence-corrected chi connectivity index (χ0v) is 11.9. The van der Waals surface area contributed by atoms with Crippen LogP contribution in [0.5, 0.6) is 0 Å².